The lowest BCUT2D eigenvalue weighted by molar-refractivity contribution is 0.660. The molecule has 58 heavy (non-hydrogen) atoms. The van der Waals surface area contributed by atoms with Crippen molar-refractivity contribution in [2.75, 3.05) is 4.90 Å². The zero-order valence-corrected chi connectivity index (χ0v) is 33.1. The highest BCUT2D eigenvalue weighted by molar-refractivity contribution is 6.23. The van der Waals surface area contributed by atoms with E-state index < -0.39 is 0 Å². The molecule has 10 aromatic rings. The summed E-state index contributed by atoms with van der Waals surface area (Å²) < 4.78 is 7.13. The van der Waals surface area contributed by atoms with Gasteiger partial charge in [0.1, 0.15) is 11.2 Å². The van der Waals surface area contributed by atoms with Crippen LogP contribution < -0.4 is 4.90 Å². The van der Waals surface area contributed by atoms with Crippen LogP contribution >= 0.6 is 0 Å². The first-order valence-electron chi connectivity index (χ1n) is 20.4. The average Bonchev–Trinajstić information content (AvgIpc) is 3.82. The Morgan fingerprint density at radius 1 is 0.397 bits per heavy atom. The number of benzene rings is 9. The summed E-state index contributed by atoms with van der Waals surface area (Å²) in [6.45, 7) is 9.46. The highest BCUT2D eigenvalue weighted by atomic mass is 16.3. The second-order valence-corrected chi connectivity index (χ2v) is 17.3. The lowest BCUT2D eigenvalue weighted by atomic mass is 9.82. The van der Waals surface area contributed by atoms with Gasteiger partial charge in [0.2, 0.25) is 0 Å². The molecular formula is C56H41NO. The van der Waals surface area contributed by atoms with E-state index in [1.54, 1.807) is 0 Å². The van der Waals surface area contributed by atoms with Crippen molar-refractivity contribution >= 4 is 60.5 Å². The Balaban J connectivity index is 1.16. The summed E-state index contributed by atoms with van der Waals surface area (Å²) in [5.41, 5.74) is 17.9. The molecule has 0 amide bonds. The van der Waals surface area contributed by atoms with Crippen molar-refractivity contribution in [2.45, 2.75) is 38.5 Å². The summed E-state index contributed by atoms with van der Waals surface area (Å²) in [4.78, 5) is 2.49. The molecule has 0 bridgehead atoms. The van der Waals surface area contributed by atoms with Crippen LogP contribution in [0.15, 0.2) is 180 Å². The molecule has 0 saturated heterocycles. The summed E-state index contributed by atoms with van der Waals surface area (Å²) in [7, 11) is 0. The van der Waals surface area contributed by atoms with Crippen LogP contribution in [0, 0.1) is 0 Å². The zero-order valence-electron chi connectivity index (χ0n) is 33.1. The van der Waals surface area contributed by atoms with Crippen LogP contribution in [0.25, 0.3) is 76.9 Å². The minimum absolute atomic E-state index is 0.143. The zero-order chi connectivity index (χ0) is 38.9. The molecule has 276 valence electrons. The monoisotopic (exact) mass is 743 g/mol. The number of nitrogens with zero attached hydrogens (tertiary/aromatic N) is 1. The van der Waals surface area contributed by atoms with Crippen LogP contribution in [0.4, 0.5) is 17.1 Å². The fourth-order valence-corrected chi connectivity index (χ4v) is 10.6. The normalized spacial score (nSPS) is 14.5. The van der Waals surface area contributed by atoms with Crippen molar-refractivity contribution in [3.63, 3.8) is 0 Å². The minimum Gasteiger partial charge on any atom is -0.455 e. The van der Waals surface area contributed by atoms with Crippen LogP contribution in [0.1, 0.15) is 49.9 Å². The van der Waals surface area contributed by atoms with Gasteiger partial charge in [-0.3, -0.25) is 0 Å². The molecule has 1 heterocycles. The van der Waals surface area contributed by atoms with Gasteiger partial charge in [0.05, 0.1) is 11.1 Å². The summed E-state index contributed by atoms with van der Waals surface area (Å²) in [6.07, 6.45) is 0. The Bertz CT molecular complexity index is 3250. The molecule has 1 aromatic heterocycles. The van der Waals surface area contributed by atoms with Gasteiger partial charge in [0, 0.05) is 33.2 Å². The Kier molecular flexibility index (Phi) is 6.78. The van der Waals surface area contributed by atoms with E-state index in [4.69, 9.17) is 4.42 Å². The number of rotatable bonds is 4. The van der Waals surface area contributed by atoms with Crippen LogP contribution in [0.2, 0.25) is 0 Å². The molecule has 0 spiro atoms. The van der Waals surface area contributed by atoms with E-state index in [2.05, 4.69) is 209 Å². The van der Waals surface area contributed by atoms with Crippen LogP contribution in [-0.4, -0.2) is 0 Å². The molecule has 0 atom stereocenters. The topological polar surface area (TPSA) is 16.4 Å². The predicted octanol–water partition coefficient (Wildman–Crippen LogP) is 15.6. The average molecular weight is 744 g/mol. The summed E-state index contributed by atoms with van der Waals surface area (Å²) in [6, 6.07) is 65.0. The minimum atomic E-state index is -0.143. The Morgan fingerprint density at radius 2 is 0.914 bits per heavy atom. The van der Waals surface area contributed by atoms with Crippen LogP contribution in [0.5, 0.6) is 0 Å². The highest BCUT2D eigenvalue weighted by Crippen LogP contribution is 2.54. The molecule has 0 fully saturated rings. The molecule has 0 aliphatic heterocycles. The molecule has 0 unspecified atom stereocenters. The smallest absolute Gasteiger partial charge is 0.143 e. The van der Waals surface area contributed by atoms with Gasteiger partial charge >= 0.3 is 0 Å². The van der Waals surface area contributed by atoms with Crippen molar-refractivity contribution in [3.8, 4) is 33.4 Å². The second kappa shape index (κ2) is 11.8. The van der Waals surface area contributed by atoms with Crippen molar-refractivity contribution in [2.24, 2.45) is 0 Å². The Hall–Kier alpha value is -6.90. The number of fused-ring (bicyclic) bond motifs is 11. The first kappa shape index (κ1) is 33.3. The first-order chi connectivity index (χ1) is 28.3. The molecule has 2 aliphatic rings. The van der Waals surface area contributed by atoms with E-state index >= 15 is 0 Å². The highest BCUT2D eigenvalue weighted by Gasteiger charge is 2.38. The lowest BCUT2D eigenvalue weighted by Gasteiger charge is -2.30. The fraction of sp³-hybridized carbons (Fsp3) is 0.107. The summed E-state index contributed by atoms with van der Waals surface area (Å²) in [5, 5.41) is 7.03. The van der Waals surface area contributed by atoms with Gasteiger partial charge in [-0.1, -0.05) is 161 Å². The van der Waals surface area contributed by atoms with Crippen molar-refractivity contribution in [1.29, 1.82) is 0 Å². The fourth-order valence-electron chi connectivity index (χ4n) is 10.6. The van der Waals surface area contributed by atoms with Gasteiger partial charge in [0.25, 0.3) is 0 Å². The quantitative estimate of drug-likeness (QED) is 0.178. The van der Waals surface area contributed by atoms with Crippen LogP contribution in [0.3, 0.4) is 0 Å². The number of hydrogen-bond acceptors (Lipinski definition) is 2. The van der Waals surface area contributed by atoms with Gasteiger partial charge in [-0.2, -0.15) is 0 Å². The first-order valence-corrected chi connectivity index (χ1v) is 20.4. The predicted molar refractivity (Wildman–Crippen MR) is 244 cm³/mol. The number of furan rings is 1. The molecule has 0 radical (unpaired) electrons. The van der Waals surface area contributed by atoms with E-state index in [9.17, 15) is 0 Å². The Labute approximate surface area is 338 Å². The molecular weight excluding hydrogens is 703 g/mol. The maximum atomic E-state index is 7.13. The Morgan fingerprint density at radius 3 is 1.59 bits per heavy atom. The van der Waals surface area contributed by atoms with Crippen molar-refractivity contribution in [1.82, 2.24) is 0 Å². The number of anilines is 3. The molecule has 2 nitrogen and oxygen atoms in total. The molecule has 2 aliphatic carbocycles. The largest absolute Gasteiger partial charge is 0.455 e. The van der Waals surface area contributed by atoms with E-state index in [1.165, 1.54) is 71.6 Å². The summed E-state index contributed by atoms with van der Waals surface area (Å²) in [5.74, 6) is 0. The van der Waals surface area contributed by atoms with Crippen molar-refractivity contribution < 1.29 is 4.42 Å². The van der Waals surface area contributed by atoms with Gasteiger partial charge < -0.3 is 9.32 Å². The second-order valence-electron chi connectivity index (χ2n) is 17.3. The molecule has 12 rings (SSSR count). The van der Waals surface area contributed by atoms with E-state index in [-0.39, 0.29) is 10.8 Å². The maximum absolute atomic E-state index is 7.13. The molecule has 0 saturated carbocycles. The standard InChI is InChI=1S/C56H41NO/c1-55(2)46-23-11-9-20-40(46)42-29-27-36(32-48(42)55)57(37-28-30-43-41-21-10-12-24-47(41)56(3,4)49(43)33-37)50-25-14-26-51-53(50)45-31-35-16-6-8-19-39(35)52(54(45)58-51)44-22-13-17-34-15-5-7-18-38(34)44/h5-33H,1-4H3. The van der Waals surface area contributed by atoms with Gasteiger partial charge in [-0.25, -0.2) is 0 Å². The third kappa shape index (κ3) is 4.49. The SMILES string of the molecule is CC1(C)c2ccccc2-c2ccc(N(c3ccc4c(c3)C(C)(C)c3ccccc3-4)c3cccc4oc5c(-c6cccc7ccccc67)c6ccccc6cc5c34)cc21. The van der Waals surface area contributed by atoms with Gasteiger partial charge in [-0.15, -0.1) is 0 Å². The lowest BCUT2D eigenvalue weighted by Crippen LogP contribution is -2.18. The van der Waals surface area contributed by atoms with Gasteiger partial charge in [0.15, 0.2) is 0 Å². The summed E-state index contributed by atoms with van der Waals surface area (Å²) >= 11 is 0. The van der Waals surface area contributed by atoms with E-state index in [0.717, 1.165) is 44.6 Å². The third-order valence-corrected chi connectivity index (χ3v) is 13.4. The van der Waals surface area contributed by atoms with E-state index in [1.807, 2.05) is 0 Å². The van der Waals surface area contributed by atoms with Crippen molar-refractivity contribution in [3.05, 3.63) is 198 Å². The molecule has 2 heteroatoms. The molecule has 9 aromatic carbocycles. The molecule has 0 N–H and O–H groups in total. The third-order valence-electron chi connectivity index (χ3n) is 13.4. The van der Waals surface area contributed by atoms with Gasteiger partial charge in [-0.05, 0) is 114 Å². The van der Waals surface area contributed by atoms with E-state index in [0.29, 0.717) is 0 Å². The number of hydrogen-bond donors (Lipinski definition) is 0. The van der Waals surface area contributed by atoms with Crippen LogP contribution in [-0.2, 0) is 10.8 Å². The maximum Gasteiger partial charge on any atom is 0.143 e.